The Morgan fingerprint density at radius 2 is 2.26 bits per heavy atom. The Bertz CT molecular complexity index is 445. The highest BCUT2D eigenvalue weighted by atomic mass is 16.5. The first-order valence-electron chi connectivity index (χ1n) is 6.83. The van der Waals surface area contributed by atoms with Crippen LogP contribution in [0.3, 0.4) is 0 Å². The highest BCUT2D eigenvalue weighted by Gasteiger charge is 2.37. The Kier molecular flexibility index (Phi) is 3.42. The fourth-order valence-electron chi connectivity index (χ4n) is 2.63. The zero-order chi connectivity index (χ0) is 13.2. The molecule has 0 aromatic heterocycles. The largest absolute Gasteiger partial charge is 0.488 e. The molecule has 1 fully saturated rings. The fraction of sp³-hybridized carbons (Fsp3) is 0.533. The number of rotatable bonds is 5. The molecule has 4 heteroatoms. The maximum atomic E-state index is 11.7. The Hall–Kier alpha value is -1.55. The van der Waals surface area contributed by atoms with E-state index in [0.29, 0.717) is 12.5 Å². The molecule has 1 aromatic rings. The lowest BCUT2D eigenvalue weighted by Crippen LogP contribution is -2.44. The van der Waals surface area contributed by atoms with Gasteiger partial charge in [0, 0.05) is 13.0 Å². The van der Waals surface area contributed by atoms with Crippen LogP contribution in [0.15, 0.2) is 24.3 Å². The van der Waals surface area contributed by atoms with Gasteiger partial charge in [0.25, 0.3) is 0 Å². The molecule has 0 radical (unpaired) electrons. The molecule has 0 saturated heterocycles. The second-order valence-corrected chi connectivity index (χ2v) is 5.30. The van der Waals surface area contributed by atoms with Gasteiger partial charge in [-0.25, -0.2) is 0 Å². The molecule has 1 saturated carbocycles. The lowest BCUT2D eigenvalue weighted by Gasteiger charge is -2.18. The minimum atomic E-state index is -0.169. The molecule has 0 amide bonds. The number of hydrogen-bond acceptors (Lipinski definition) is 4. The maximum Gasteiger partial charge on any atom is 0.323 e. The molecule has 102 valence electrons. The fourth-order valence-corrected chi connectivity index (χ4v) is 2.63. The average Bonchev–Trinajstić information content (AvgIpc) is 3.17. The number of para-hydroxylation sites is 1. The van der Waals surface area contributed by atoms with Crippen molar-refractivity contribution in [2.24, 2.45) is 5.92 Å². The second kappa shape index (κ2) is 5.21. The van der Waals surface area contributed by atoms with E-state index < -0.39 is 0 Å². The molecule has 1 aromatic carbocycles. The van der Waals surface area contributed by atoms with Crippen LogP contribution in [-0.2, 0) is 16.0 Å². The summed E-state index contributed by atoms with van der Waals surface area (Å²) in [4.78, 5) is 11.7. The molecule has 2 atom stereocenters. The summed E-state index contributed by atoms with van der Waals surface area (Å²) in [6.07, 6.45) is 3.24. The topological polar surface area (TPSA) is 47.6 Å². The Balaban J connectivity index is 1.54. The van der Waals surface area contributed by atoms with Crippen LogP contribution in [0, 0.1) is 5.92 Å². The summed E-state index contributed by atoms with van der Waals surface area (Å²) in [6, 6.07) is 7.93. The smallest absolute Gasteiger partial charge is 0.323 e. The van der Waals surface area contributed by atoms with Gasteiger partial charge < -0.3 is 14.8 Å². The monoisotopic (exact) mass is 261 g/mol. The van der Waals surface area contributed by atoms with Gasteiger partial charge in [0.05, 0.1) is 7.11 Å². The van der Waals surface area contributed by atoms with Crippen LogP contribution in [0.2, 0.25) is 0 Å². The van der Waals surface area contributed by atoms with Crippen molar-refractivity contribution >= 4 is 5.97 Å². The zero-order valence-corrected chi connectivity index (χ0v) is 11.1. The summed E-state index contributed by atoms with van der Waals surface area (Å²) >= 11 is 0. The SMILES string of the molecule is COC(=O)C(NCC1Cc2ccccc2O1)C1CC1. The Labute approximate surface area is 113 Å². The van der Waals surface area contributed by atoms with Crippen LogP contribution in [0.5, 0.6) is 5.75 Å². The minimum Gasteiger partial charge on any atom is -0.488 e. The van der Waals surface area contributed by atoms with Gasteiger partial charge in [-0.2, -0.15) is 0 Å². The van der Waals surface area contributed by atoms with Gasteiger partial charge in [-0.3, -0.25) is 4.79 Å². The molecule has 2 aliphatic rings. The zero-order valence-electron chi connectivity index (χ0n) is 11.1. The van der Waals surface area contributed by atoms with E-state index in [1.54, 1.807) is 0 Å². The Morgan fingerprint density at radius 1 is 1.47 bits per heavy atom. The van der Waals surface area contributed by atoms with E-state index in [0.717, 1.165) is 25.0 Å². The number of carbonyl (C=O) groups excluding carboxylic acids is 1. The van der Waals surface area contributed by atoms with E-state index in [1.807, 2.05) is 18.2 Å². The maximum absolute atomic E-state index is 11.7. The third-order valence-corrected chi connectivity index (χ3v) is 3.83. The van der Waals surface area contributed by atoms with Crippen LogP contribution in [-0.4, -0.2) is 31.8 Å². The molecule has 19 heavy (non-hydrogen) atoms. The number of methoxy groups -OCH3 is 1. The quantitative estimate of drug-likeness (QED) is 0.817. The standard InChI is InChI=1S/C15H19NO3/c1-18-15(17)14(10-6-7-10)16-9-12-8-11-4-2-3-5-13(11)19-12/h2-5,10,12,14,16H,6-9H2,1H3. The lowest BCUT2D eigenvalue weighted by molar-refractivity contribution is -0.143. The number of esters is 1. The van der Waals surface area contributed by atoms with Crippen molar-refractivity contribution in [2.75, 3.05) is 13.7 Å². The number of carbonyl (C=O) groups is 1. The highest BCUT2D eigenvalue weighted by Crippen LogP contribution is 2.33. The predicted molar refractivity (Wildman–Crippen MR) is 71.1 cm³/mol. The third-order valence-electron chi connectivity index (χ3n) is 3.83. The van der Waals surface area contributed by atoms with Crippen LogP contribution < -0.4 is 10.1 Å². The van der Waals surface area contributed by atoms with E-state index in [-0.39, 0.29) is 18.1 Å². The molecule has 0 bridgehead atoms. The third kappa shape index (κ3) is 2.73. The summed E-state index contributed by atoms with van der Waals surface area (Å²) in [5.74, 6) is 1.25. The van der Waals surface area contributed by atoms with Crippen molar-refractivity contribution in [2.45, 2.75) is 31.4 Å². The van der Waals surface area contributed by atoms with Crippen molar-refractivity contribution < 1.29 is 14.3 Å². The average molecular weight is 261 g/mol. The van der Waals surface area contributed by atoms with Crippen LogP contribution >= 0.6 is 0 Å². The molecule has 1 aliphatic heterocycles. The normalized spacial score (nSPS) is 22.5. The Morgan fingerprint density at radius 3 is 2.95 bits per heavy atom. The van der Waals surface area contributed by atoms with Gasteiger partial charge in [-0.15, -0.1) is 0 Å². The second-order valence-electron chi connectivity index (χ2n) is 5.30. The highest BCUT2D eigenvalue weighted by molar-refractivity contribution is 5.76. The first-order valence-corrected chi connectivity index (χ1v) is 6.83. The van der Waals surface area contributed by atoms with Crippen molar-refractivity contribution in [3.05, 3.63) is 29.8 Å². The first kappa shape index (κ1) is 12.5. The molecule has 2 unspecified atom stereocenters. The first-order chi connectivity index (χ1) is 9.28. The number of benzene rings is 1. The molecular weight excluding hydrogens is 242 g/mol. The summed E-state index contributed by atoms with van der Waals surface area (Å²) in [6.45, 7) is 0.685. The number of fused-ring (bicyclic) bond motifs is 1. The summed E-state index contributed by atoms with van der Waals surface area (Å²) in [5, 5.41) is 3.31. The molecule has 1 N–H and O–H groups in total. The molecule has 0 spiro atoms. The number of ether oxygens (including phenoxy) is 2. The van der Waals surface area contributed by atoms with E-state index in [1.165, 1.54) is 12.7 Å². The van der Waals surface area contributed by atoms with Gasteiger partial charge in [-0.05, 0) is 30.4 Å². The van der Waals surface area contributed by atoms with Crippen molar-refractivity contribution in [1.82, 2.24) is 5.32 Å². The molecular formula is C15H19NO3. The van der Waals surface area contributed by atoms with Crippen LogP contribution in [0.25, 0.3) is 0 Å². The summed E-state index contributed by atoms with van der Waals surface area (Å²) in [7, 11) is 1.45. The van der Waals surface area contributed by atoms with Gasteiger partial charge in [0.1, 0.15) is 17.9 Å². The lowest BCUT2D eigenvalue weighted by atomic mass is 10.1. The van der Waals surface area contributed by atoms with Crippen LogP contribution in [0.4, 0.5) is 0 Å². The van der Waals surface area contributed by atoms with Gasteiger partial charge in [-0.1, -0.05) is 18.2 Å². The molecule has 1 aliphatic carbocycles. The van der Waals surface area contributed by atoms with Crippen molar-refractivity contribution in [1.29, 1.82) is 0 Å². The van der Waals surface area contributed by atoms with Crippen LogP contribution in [0.1, 0.15) is 18.4 Å². The molecule has 1 heterocycles. The number of nitrogens with one attached hydrogen (secondary N) is 1. The van der Waals surface area contributed by atoms with Gasteiger partial charge in [0.2, 0.25) is 0 Å². The van der Waals surface area contributed by atoms with Gasteiger partial charge in [0.15, 0.2) is 0 Å². The van der Waals surface area contributed by atoms with E-state index in [9.17, 15) is 4.79 Å². The minimum absolute atomic E-state index is 0.114. The van der Waals surface area contributed by atoms with E-state index >= 15 is 0 Å². The molecule has 4 nitrogen and oxygen atoms in total. The van der Waals surface area contributed by atoms with E-state index in [2.05, 4.69) is 11.4 Å². The van der Waals surface area contributed by atoms with Gasteiger partial charge >= 0.3 is 5.97 Å². The summed E-state index contributed by atoms with van der Waals surface area (Å²) in [5.41, 5.74) is 1.25. The predicted octanol–water partition coefficient (Wildman–Crippen LogP) is 1.53. The number of hydrogen-bond donors (Lipinski definition) is 1. The molecule has 3 rings (SSSR count). The van der Waals surface area contributed by atoms with E-state index in [4.69, 9.17) is 9.47 Å². The summed E-state index contributed by atoms with van der Waals surface area (Å²) < 4.78 is 10.7. The van der Waals surface area contributed by atoms with Crippen molar-refractivity contribution in [3.8, 4) is 5.75 Å². The van der Waals surface area contributed by atoms with Crippen molar-refractivity contribution in [3.63, 3.8) is 0 Å².